The van der Waals surface area contributed by atoms with Crippen molar-refractivity contribution in [3.8, 4) is 0 Å². The normalized spacial score (nSPS) is 10.8. The summed E-state index contributed by atoms with van der Waals surface area (Å²) < 4.78 is 1.98. The van der Waals surface area contributed by atoms with E-state index in [0.717, 1.165) is 16.5 Å². The van der Waals surface area contributed by atoms with Gasteiger partial charge in [-0.2, -0.15) is 0 Å². The maximum Gasteiger partial charge on any atom is 0.303 e. The number of rotatable bonds is 3. The maximum atomic E-state index is 10.6. The van der Waals surface area contributed by atoms with E-state index in [9.17, 15) is 4.79 Å². The Morgan fingerprint density at radius 2 is 2.25 bits per heavy atom. The number of nitrogens with zero attached hydrogens (tertiary/aromatic N) is 1. The summed E-state index contributed by atoms with van der Waals surface area (Å²) in [6.45, 7) is 0. The van der Waals surface area contributed by atoms with Crippen molar-refractivity contribution in [2.24, 2.45) is 7.05 Å². The first kappa shape index (κ1) is 10.5. The van der Waals surface area contributed by atoms with Crippen LogP contribution in [0.15, 0.2) is 24.4 Å². The van der Waals surface area contributed by atoms with Crippen LogP contribution in [0.25, 0.3) is 10.9 Å². The third-order valence-electron chi connectivity index (χ3n) is 2.73. The fourth-order valence-electron chi connectivity index (χ4n) is 2.00. The van der Waals surface area contributed by atoms with Gasteiger partial charge in [0.15, 0.2) is 0 Å². The van der Waals surface area contributed by atoms with Crippen molar-refractivity contribution >= 4 is 22.6 Å². The van der Waals surface area contributed by atoms with Crippen LogP contribution < -0.4 is 5.73 Å². The third kappa shape index (κ3) is 1.74. The molecule has 16 heavy (non-hydrogen) atoms. The molecule has 4 nitrogen and oxygen atoms in total. The Labute approximate surface area is 93.3 Å². The molecule has 0 aliphatic rings. The van der Waals surface area contributed by atoms with Crippen LogP contribution in [0.1, 0.15) is 12.0 Å². The van der Waals surface area contributed by atoms with Crippen LogP contribution in [0.5, 0.6) is 0 Å². The highest BCUT2D eigenvalue weighted by molar-refractivity contribution is 5.94. The molecule has 0 saturated carbocycles. The lowest BCUT2D eigenvalue weighted by molar-refractivity contribution is -0.136. The Morgan fingerprint density at radius 3 is 2.94 bits per heavy atom. The second-order valence-electron chi connectivity index (χ2n) is 3.90. The van der Waals surface area contributed by atoms with Crippen LogP contribution in [0, 0.1) is 0 Å². The molecule has 0 saturated heterocycles. The number of benzene rings is 1. The highest BCUT2D eigenvalue weighted by atomic mass is 16.4. The summed E-state index contributed by atoms with van der Waals surface area (Å²) in [5, 5.41) is 9.66. The number of nitrogen functional groups attached to an aromatic ring is 1. The first-order chi connectivity index (χ1) is 7.59. The zero-order valence-electron chi connectivity index (χ0n) is 9.10. The molecule has 2 rings (SSSR count). The van der Waals surface area contributed by atoms with Crippen LogP contribution >= 0.6 is 0 Å². The van der Waals surface area contributed by atoms with E-state index in [1.807, 2.05) is 36.0 Å². The molecule has 0 radical (unpaired) electrons. The van der Waals surface area contributed by atoms with Gasteiger partial charge in [-0.15, -0.1) is 0 Å². The zero-order chi connectivity index (χ0) is 11.7. The number of anilines is 1. The number of fused-ring (bicyclic) bond motifs is 1. The molecular formula is C12H14N2O2. The number of carboxylic acids is 1. The average Bonchev–Trinajstić information content (AvgIpc) is 2.55. The predicted molar refractivity (Wildman–Crippen MR) is 63.3 cm³/mol. The largest absolute Gasteiger partial charge is 0.481 e. The quantitative estimate of drug-likeness (QED) is 0.771. The number of carbonyl (C=O) groups is 1. The van der Waals surface area contributed by atoms with Gasteiger partial charge >= 0.3 is 5.97 Å². The van der Waals surface area contributed by atoms with Gasteiger partial charge in [0.05, 0.1) is 5.52 Å². The Balaban J connectivity index is 2.49. The number of hydrogen-bond donors (Lipinski definition) is 2. The molecule has 2 aromatic rings. The monoisotopic (exact) mass is 218 g/mol. The SMILES string of the molecule is Cn1cc(CCC(=O)O)c2c(N)cccc21. The van der Waals surface area contributed by atoms with Crippen molar-refractivity contribution < 1.29 is 9.90 Å². The second kappa shape index (κ2) is 3.89. The summed E-state index contributed by atoms with van der Waals surface area (Å²) in [6.07, 6.45) is 2.60. The van der Waals surface area contributed by atoms with E-state index in [0.29, 0.717) is 12.1 Å². The van der Waals surface area contributed by atoms with E-state index in [1.54, 1.807) is 0 Å². The number of carboxylic acid groups (broad SMARTS) is 1. The fraction of sp³-hybridized carbons (Fsp3) is 0.250. The van der Waals surface area contributed by atoms with Crippen LogP contribution in [-0.4, -0.2) is 15.6 Å². The summed E-state index contributed by atoms with van der Waals surface area (Å²) in [5.41, 5.74) is 8.66. The molecule has 84 valence electrons. The van der Waals surface area contributed by atoms with Crippen molar-refractivity contribution in [2.45, 2.75) is 12.8 Å². The van der Waals surface area contributed by atoms with Gasteiger partial charge in [-0.1, -0.05) is 6.07 Å². The summed E-state index contributed by atoms with van der Waals surface area (Å²) in [6, 6.07) is 5.72. The Kier molecular flexibility index (Phi) is 2.56. The molecule has 1 aromatic carbocycles. The molecule has 4 heteroatoms. The minimum atomic E-state index is -0.786. The average molecular weight is 218 g/mol. The topological polar surface area (TPSA) is 68.2 Å². The lowest BCUT2D eigenvalue weighted by Crippen LogP contribution is -1.97. The number of aromatic nitrogens is 1. The summed E-state index contributed by atoms with van der Waals surface area (Å²) >= 11 is 0. The minimum absolute atomic E-state index is 0.132. The standard InChI is InChI=1S/C12H14N2O2/c1-14-7-8(5-6-11(15)16)12-9(13)3-2-4-10(12)14/h2-4,7H,5-6,13H2,1H3,(H,15,16). The van der Waals surface area contributed by atoms with Gasteiger partial charge in [0.25, 0.3) is 0 Å². The number of aryl methyl sites for hydroxylation is 2. The smallest absolute Gasteiger partial charge is 0.303 e. The Bertz CT molecular complexity index is 543. The lowest BCUT2D eigenvalue weighted by Gasteiger charge is -2.00. The molecule has 0 aliphatic heterocycles. The Morgan fingerprint density at radius 1 is 1.50 bits per heavy atom. The molecule has 1 aromatic heterocycles. The summed E-state index contributed by atoms with van der Waals surface area (Å²) in [4.78, 5) is 10.6. The van der Waals surface area contributed by atoms with Gasteiger partial charge < -0.3 is 15.4 Å². The Hall–Kier alpha value is -1.97. The van der Waals surface area contributed by atoms with Crippen molar-refractivity contribution in [2.75, 3.05) is 5.73 Å². The van der Waals surface area contributed by atoms with Crippen LogP contribution in [0.3, 0.4) is 0 Å². The van der Waals surface area contributed by atoms with E-state index in [2.05, 4.69) is 0 Å². The molecular weight excluding hydrogens is 204 g/mol. The van der Waals surface area contributed by atoms with E-state index in [1.165, 1.54) is 0 Å². The van der Waals surface area contributed by atoms with Crippen LogP contribution in [-0.2, 0) is 18.3 Å². The molecule has 1 heterocycles. The first-order valence-corrected chi connectivity index (χ1v) is 5.14. The van der Waals surface area contributed by atoms with E-state index < -0.39 is 5.97 Å². The number of hydrogen-bond acceptors (Lipinski definition) is 2. The number of nitrogens with two attached hydrogens (primary N) is 1. The molecule has 0 atom stereocenters. The fourth-order valence-corrected chi connectivity index (χ4v) is 2.00. The molecule has 0 aliphatic carbocycles. The van der Waals surface area contributed by atoms with E-state index in [-0.39, 0.29) is 6.42 Å². The van der Waals surface area contributed by atoms with Crippen LogP contribution in [0.4, 0.5) is 5.69 Å². The van der Waals surface area contributed by atoms with Gasteiger partial charge in [0.2, 0.25) is 0 Å². The van der Waals surface area contributed by atoms with Gasteiger partial charge in [-0.25, -0.2) is 0 Å². The molecule has 0 bridgehead atoms. The lowest BCUT2D eigenvalue weighted by atomic mass is 10.1. The van der Waals surface area contributed by atoms with E-state index in [4.69, 9.17) is 10.8 Å². The molecule has 3 N–H and O–H groups in total. The maximum absolute atomic E-state index is 10.6. The van der Waals surface area contributed by atoms with Gasteiger partial charge in [-0.3, -0.25) is 4.79 Å². The molecule has 0 amide bonds. The van der Waals surface area contributed by atoms with E-state index >= 15 is 0 Å². The van der Waals surface area contributed by atoms with Crippen molar-refractivity contribution in [1.82, 2.24) is 4.57 Å². The van der Waals surface area contributed by atoms with Crippen molar-refractivity contribution in [1.29, 1.82) is 0 Å². The second-order valence-corrected chi connectivity index (χ2v) is 3.90. The predicted octanol–water partition coefficient (Wildman–Crippen LogP) is 1.78. The number of aliphatic carboxylic acids is 1. The minimum Gasteiger partial charge on any atom is -0.481 e. The van der Waals surface area contributed by atoms with Gasteiger partial charge in [0.1, 0.15) is 0 Å². The molecule has 0 spiro atoms. The van der Waals surface area contributed by atoms with Gasteiger partial charge in [-0.05, 0) is 24.1 Å². The van der Waals surface area contributed by atoms with Gasteiger partial charge in [0, 0.05) is 30.7 Å². The van der Waals surface area contributed by atoms with Crippen LogP contribution in [0.2, 0.25) is 0 Å². The zero-order valence-corrected chi connectivity index (χ0v) is 9.10. The van der Waals surface area contributed by atoms with Crippen molar-refractivity contribution in [3.63, 3.8) is 0 Å². The summed E-state index contributed by atoms with van der Waals surface area (Å²) in [7, 11) is 1.94. The summed E-state index contributed by atoms with van der Waals surface area (Å²) in [5.74, 6) is -0.786. The third-order valence-corrected chi connectivity index (χ3v) is 2.73. The molecule has 0 fully saturated rings. The van der Waals surface area contributed by atoms with Crippen molar-refractivity contribution in [3.05, 3.63) is 30.0 Å². The highest BCUT2D eigenvalue weighted by Crippen LogP contribution is 2.27. The first-order valence-electron chi connectivity index (χ1n) is 5.14. The highest BCUT2D eigenvalue weighted by Gasteiger charge is 2.10. The molecule has 0 unspecified atom stereocenters.